The van der Waals surface area contributed by atoms with Gasteiger partial charge in [-0.3, -0.25) is 4.98 Å². The van der Waals surface area contributed by atoms with Gasteiger partial charge in [-0.1, -0.05) is 0 Å². The Bertz CT molecular complexity index is 554. The maximum absolute atomic E-state index is 11.0. The zero-order chi connectivity index (χ0) is 13.4. The van der Waals surface area contributed by atoms with Crippen LogP contribution in [0.1, 0.15) is 12.0 Å². The van der Waals surface area contributed by atoms with E-state index >= 15 is 0 Å². The molecule has 19 heavy (non-hydrogen) atoms. The quantitative estimate of drug-likeness (QED) is 0.817. The van der Waals surface area contributed by atoms with E-state index < -0.39 is 6.09 Å². The number of carboxylic acid groups (broad SMARTS) is 1. The summed E-state index contributed by atoms with van der Waals surface area (Å²) in [4.78, 5) is 18.8. The van der Waals surface area contributed by atoms with Crippen LogP contribution in [0.3, 0.4) is 0 Å². The Labute approximate surface area is 110 Å². The summed E-state index contributed by atoms with van der Waals surface area (Å²) in [5.41, 5.74) is 1.45. The number of anilines is 1. The van der Waals surface area contributed by atoms with E-state index in [4.69, 9.17) is 10.4 Å². The van der Waals surface area contributed by atoms with Crippen LogP contribution in [0.15, 0.2) is 18.5 Å². The number of nitriles is 1. The van der Waals surface area contributed by atoms with Gasteiger partial charge in [0.15, 0.2) is 0 Å². The Hall–Kier alpha value is -2.29. The highest BCUT2D eigenvalue weighted by molar-refractivity contribution is 5.66. The largest absolute Gasteiger partial charge is 0.465 e. The number of carbonyl (C=O) groups is 1. The third-order valence-corrected chi connectivity index (χ3v) is 4.00. The molecule has 0 radical (unpaired) electrons. The molecule has 3 heterocycles. The van der Waals surface area contributed by atoms with Crippen LogP contribution in [0.2, 0.25) is 0 Å². The summed E-state index contributed by atoms with van der Waals surface area (Å²) in [6.45, 7) is 2.05. The van der Waals surface area contributed by atoms with Gasteiger partial charge in [0.2, 0.25) is 0 Å². The van der Waals surface area contributed by atoms with E-state index in [9.17, 15) is 4.79 Å². The van der Waals surface area contributed by atoms with Gasteiger partial charge in [-0.05, 0) is 12.5 Å². The van der Waals surface area contributed by atoms with Gasteiger partial charge >= 0.3 is 6.09 Å². The van der Waals surface area contributed by atoms with E-state index in [2.05, 4.69) is 16.0 Å². The van der Waals surface area contributed by atoms with Crippen molar-refractivity contribution in [3.63, 3.8) is 0 Å². The fourth-order valence-electron chi connectivity index (χ4n) is 3.08. The molecule has 0 saturated carbocycles. The smallest absolute Gasteiger partial charge is 0.407 e. The number of rotatable bonds is 1. The number of nitrogens with zero attached hydrogens (tertiary/aromatic N) is 4. The molecule has 2 atom stereocenters. The monoisotopic (exact) mass is 258 g/mol. The van der Waals surface area contributed by atoms with Crippen molar-refractivity contribution in [3.8, 4) is 6.07 Å². The molecule has 6 nitrogen and oxygen atoms in total. The van der Waals surface area contributed by atoms with Crippen LogP contribution in [0.25, 0.3) is 0 Å². The molecule has 2 fully saturated rings. The average Bonchev–Trinajstić information content (AvgIpc) is 2.98. The molecule has 0 spiro atoms. The molecule has 0 aromatic carbocycles. The molecule has 3 rings (SSSR count). The molecule has 1 amide bonds. The van der Waals surface area contributed by atoms with E-state index in [0.29, 0.717) is 24.6 Å². The summed E-state index contributed by atoms with van der Waals surface area (Å²) in [5, 5.41) is 18.0. The molecule has 1 aromatic heterocycles. The standard InChI is InChI=1S/C13H14N4O2/c14-4-9-3-11(6-15-5-9)17-2-1-10-7-16(13(18)19)8-12(10)17/h3,5-6,10,12H,1-2,7-8H2,(H,18,19)/t10-,12+/m1/s1. The van der Waals surface area contributed by atoms with Crippen LogP contribution in [0.4, 0.5) is 10.5 Å². The molecule has 1 aromatic rings. The van der Waals surface area contributed by atoms with Gasteiger partial charge in [0.25, 0.3) is 0 Å². The average molecular weight is 258 g/mol. The normalized spacial score (nSPS) is 25.2. The van der Waals surface area contributed by atoms with Crippen molar-refractivity contribution in [2.45, 2.75) is 12.5 Å². The van der Waals surface area contributed by atoms with Crippen LogP contribution in [-0.2, 0) is 0 Å². The number of hydrogen-bond donors (Lipinski definition) is 1. The van der Waals surface area contributed by atoms with Gasteiger partial charge in [-0.25, -0.2) is 4.79 Å². The molecular formula is C13H14N4O2. The summed E-state index contributed by atoms with van der Waals surface area (Å²) in [7, 11) is 0. The summed E-state index contributed by atoms with van der Waals surface area (Å²) in [6, 6.07) is 4.12. The highest BCUT2D eigenvalue weighted by Crippen LogP contribution is 2.34. The van der Waals surface area contributed by atoms with Crippen LogP contribution < -0.4 is 4.90 Å². The second-order valence-electron chi connectivity index (χ2n) is 5.04. The number of fused-ring (bicyclic) bond motifs is 1. The Morgan fingerprint density at radius 3 is 3.05 bits per heavy atom. The van der Waals surface area contributed by atoms with E-state index in [1.165, 1.54) is 11.1 Å². The van der Waals surface area contributed by atoms with Crippen LogP contribution >= 0.6 is 0 Å². The molecule has 2 aliphatic heterocycles. The maximum Gasteiger partial charge on any atom is 0.407 e. The van der Waals surface area contributed by atoms with E-state index in [-0.39, 0.29) is 6.04 Å². The predicted octanol–water partition coefficient (Wildman–Crippen LogP) is 1.14. The highest BCUT2D eigenvalue weighted by atomic mass is 16.4. The van der Waals surface area contributed by atoms with Crippen molar-refractivity contribution in [2.24, 2.45) is 5.92 Å². The second-order valence-corrected chi connectivity index (χ2v) is 5.04. The Morgan fingerprint density at radius 1 is 1.47 bits per heavy atom. The lowest BCUT2D eigenvalue weighted by Gasteiger charge is -2.26. The molecule has 1 N–H and O–H groups in total. The molecular weight excluding hydrogens is 244 g/mol. The third-order valence-electron chi connectivity index (χ3n) is 4.00. The fourth-order valence-corrected chi connectivity index (χ4v) is 3.08. The number of pyridine rings is 1. The van der Waals surface area contributed by atoms with E-state index in [0.717, 1.165) is 18.7 Å². The molecule has 6 heteroatoms. The van der Waals surface area contributed by atoms with E-state index in [1.54, 1.807) is 6.20 Å². The zero-order valence-electron chi connectivity index (χ0n) is 10.4. The summed E-state index contributed by atoms with van der Waals surface area (Å²) in [6.07, 6.45) is 3.42. The van der Waals surface area contributed by atoms with Crippen LogP contribution in [0.5, 0.6) is 0 Å². The van der Waals surface area contributed by atoms with Gasteiger partial charge in [0.05, 0.1) is 23.5 Å². The van der Waals surface area contributed by atoms with Crippen LogP contribution in [-0.4, -0.2) is 46.8 Å². The maximum atomic E-state index is 11.0. The van der Waals surface area contributed by atoms with Crippen molar-refractivity contribution in [3.05, 3.63) is 24.0 Å². The summed E-state index contributed by atoms with van der Waals surface area (Å²) >= 11 is 0. The second kappa shape index (κ2) is 4.43. The minimum atomic E-state index is -0.849. The van der Waals surface area contributed by atoms with E-state index in [1.807, 2.05) is 6.07 Å². The zero-order valence-corrected chi connectivity index (χ0v) is 10.4. The van der Waals surface area contributed by atoms with Crippen LogP contribution in [0, 0.1) is 17.2 Å². The predicted molar refractivity (Wildman–Crippen MR) is 67.8 cm³/mol. The fraction of sp³-hybridized carbons (Fsp3) is 0.462. The first-order valence-electron chi connectivity index (χ1n) is 6.28. The minimum Gasteiger partial charge on any atom is -0.465 e. The van der Waals surface area contributed by atoms with Gasteiger partial charge in [0.1, 0.15) is 6.07 Å². The highest BCUT2D eigenvalue weighted by Gasteiger charge is 2.43. The SMILES string of the molecule is N#Cc1cncc(N2CC[C@@H]3CN(C(=O)O)C[C@@H]32)c1. The van der Waals surface area contributed by atoms with Crippen molar-refractivity contribution >= 4 is 11.8 Å². The van der Waals surface area contributed by atoms with Crippen molar-refractivity contribution < 1.29 is 9.90 Å². The first-order valence-corrected chi connectivity index (χ1v) is 6.28. The van der Waals surface area contributed by atoms with Gasteiger partial charge in [0, 0.05) is 31.7 Å². The number of hydrogen-bond acceptors (Lipinski definition) is 4. The molecule has 2 aliphatic rings. The first-order chi connectivity index (χ1) is 9.19. The lowest BCUT2D eigenvalue weighted by molar-refractivity contribution is 0.153. The molecule has 0 bridgehead atoms. The summed E-state index contributed by atoms with van der Waals surface area (Å²) < 4.78 is 0. The lowest BCUT2D eigenvalue weighted by Crippen LogP contribution is -2.36. The number of amides is 1. The molecule has 2 saturated heterocycles. The van der Waals surface area contributed by atoms with Gasteiger partial charge in [-0.2, -0.15) is 5.26 Å². The van der Waals surface area contributed by atoms with Gasteiger partial charge < -0.3 is 14.9 Å². The van der Waals surface area contributed by atoms with Gasteiger partial charge in [-0.15, -0.1) is 0 Å². The summed E-state index contributed by atoms with van der Waals surface area (Å²) in [5.74, 6) is 0.391. The lowest BCUT2D eigenvalue weighted by atomic mass is 10.1. The van der Waals surface area contributed by atoms with Crippen molar-refractivity contribution in [1.29, 1.82) is 5.26 Å². The van der Waals surface area contributed by atoms with Crippen molar-refractivity contribution in [2.75, 3.05) is 24.5 Å². The minimum absolute atomic E-state index is 0.215. The number of aromatic nitrogens is 1. The topological polar surface area (TPSA) is 80.5 Å². The van der Waals surface area contributed by atoms with Crippen molar-refractivity contribution in [1.82, 2.24) is 9.88 Å². The first kappa shape index (κ1) is 11.8. The molecule has 98 valence electrons. The molecule has 0 aliphatic carbocycles. The Balaban J connectivity index is 1.83. The Kier molecular flexibility index (Phi) is 2.75. The Morgan fingerprint density at radius 2 is 2.32 bits per heavy atom. The number of likely N-dealkylation sites (tertiary alicyclic amines) is 1. The molecule has 0 unspecified atom stereocenters. The third kappa shape index (κ3) is 1.97.